The normalized spacial score (nSPS) is 14.3. The van der Waals surface area contributed by atoms with Gasteiger partial charge < -0.3 is 15.5 Å². The number of piperazine rings is 1. The molecule has 0 saturated carbocycles. The highest BCUT2D eigenvalue weighted by Crippen LogP contribution is 2.10. The van der Waals surface area contributed by atoms with Gasteiger partial charge in [-0.05, 0) is 36.4 Å². The maximum Gasteiger partial charge on any atom is 0.251 e. The summed E-state index contributed by atoms with van der Waals surface area (Å²) in [7, 11) is 0. The molecule has 2 aromatic carbocycles. The van der Waals surface area contributed by atoms with E-state index in [2.05, 4.69) is 10.6 Å². The first-order valence-electron chi connectivity index (χ1n) is 9.50. The Hall–Kier alpha value is -3.33. The predicted molar refractivity (Wildman–Crippen MR) is 107 cm³/mol. The largest absolute Gasteiger partial charge is 0.343 e. The molecule has 3 rings (SSSR count). The predicted octanol–water partition coefficient (Wildman–Crippen LogP) is 1.48. The molecule has 7 nitrogen and oxygen atoms in total. The van der Waals surface area contributed by atoms with Gasteiger partial charge in [0, 0.05) is 37.4 Å². The summed E-state index contributed by atoms with van der Waals surface area (Å²) < 4.78 is 26.4. The molecule has 2 aromatic rings. The number of carbonyl (C=O) groups is 3. The second-order valence-corrected chi connectivity index (χ2v) is 6.91. The van der Waals surface area contributed by atoms with Crippen molar-refractivity contribution in [3.05, 3.63) is 65.7 Å². The monoisotopic (exact) mass is 416 g/mol. The second kappa shape index (κ2) is 9.93. The topological polar surface area (TPSA) is 81.8 Å². The molecule has 158 valence electrons. The van der Waals surface area contributed by atoms with Crippen LogP contribution in [0.2, 0.25) is 0 Å². The minimum absolute atomic E-state index is 0.134. The summed E-state index contributed by atoms with van der Waals surface area (Å²) in [6.45, 7) is 1.79. The Labute approximate surface area is 172 Å². The average molecular weight is 416 g/mol. The van der Waals surface area contributed by atoms with E-state index in [4.69, 9.17) is 0 Å². The Morgan fingerprint density at radius 3 is 2.23 bits per heavy atom. The number of benzene rings is 2. The summed E-state index contributed by atoms with van der Waals surface area (Å²) >= 11 is 0. The van der Waals surface area contributed by atoms with E-state index >= 15 is 0 Å². The first-order valence-corrected chi connectivity index (χ1v) is 9.50. The maximum absolute atomic E-state index is 13.2. The lowest BCUT2D eigenvalue weighted by molar-refractivity contribution is -0.132. The maximum atomic E-state index is 13.2. The van der Waals surface area contributed by atoms with Crippen molar-refractivity contribution in [3.63, 3.8) is 0 Å². The summed E-state index contributed by atoms with van der Waals surface area (Å²) in [5.74, 6) is -1.97. The first-order chi connectivity index (χ1) is 14.4. The van der Waals surface area contributed by atoms with Crippen LogP contribution in [0.4, 0.5) is 14.5 Å². The van der Waals surface area contributed by atoms with Crippen LogP contribution in [-0.4, -0.2) is 66.8 Å². The molecule has 0 atom stereocenters. The Kier molecular flexibility index (Phi) is 7.08. The van der Waals surface area contributed by atoms with Gasteiger partial charge in [0.05, 0.1) is 13.1 Å². The van der Waals surface area contributed by atoms with Gasteiger partial charge in [0.1, 0.15) is 11.6 Å². The van der Waals surface area contributed by atoms with E-state index in [9.17, 15) is 23.2 Å². The highest BCUT2D eigenvalue weighted by Gasteiger charge is 2.23. The number of amides is 3. The van der Waals surface area contributed by atoms with E-state index in [1.165, 1.54) is 36.4 Å². The zero-order chi connectivity index (χ0) is 21.5. The molecule has 1 aliphatic heterocycles. The van der Waals surface area contributed by atoms with Crippen LogP contribution in [0.1, 0.15) is 10.4 Å². The molecule has 1 fully saturated rings. The zero-order valence-electron chi connectivity index (χ0n) is 16.2. The molecule has 0 spiro atoms. The number of anilines is 1. The van der Waals surface area contributed by atoms with Crippen LogP contribution in [0.5, 0.6) is 0 Å². The van der Waals surface area contributed by atoms with E-state index < -0.39 is 17.5 Å². The lowest BCUT2D eigenvalue weighted by Gasteiger charge is -2.34. The molecular formula is C21H22F2N4O3. The van der Waals surface area contributed by atoms with Crippen LogP contribution in [-0.2, 0) is 9.59 Å². The van der Waals surface area contributed by atoms with Crippen LogP contribution in [0, 0.1) is 11.6 Å². The van der Waals surface area contributed by atoms with Crippen LogP contribution >= 0.6 is 0 Å². The fraction of sp³-hybridized carbons (Fsp3) is 0.286. The van der Waals surface area contributed by atoms with E-state index in [0.717, 1.165) is 6.07 Å². The summed E-state index contributed by atoms with van der Waals surface area (Å²) in [6, 6.07) is 10.9. The Balaban J connectivity index is 1.39. The molecule has 3 amide bonds. The molecule has 2 N–H and O–H groups in total. The van der Waals surface area contributed by atoms with Crippen molar-refractivity contribution >= 4 is 23.4 Å². The Bertz CT molecular complexity index is 930. The number of hydrogen-bond donors (Lipinski definition) is 2. The van der Waals surface area contributed by atoms with Gasteiger partial charge in [0.15, 0.2) is 0 Å². The van der Waals surface area contributed by atoms with E-state index in [1.807, 2.05) is 4.90 Å². The standard InChI is InChI=1S/C21H22F2N4O3/c22-16-4-1-3-15(11-16)21(30)24-13-20(29)27-9-7-26(8-10-27)14-19(28)25-18-6-2-5-17(23)12-18/h1-6,11-12H,7-10,13-14H2,(H,24,30)(H,25,28). The molecule has 0 bridgehead atoms. The third-order valence-electron chi connectivity index (χ3n) is 4.69. The molecule has 0 unspecified atom stereocenters. The Morgan fingerprint density at radius 2 is 1.57 bits per heavy atom. The molecule has 0 aromatic heterocycles. The molecular weight excluding hydrogens is 394 g/mol. The summed E-state index contributed by atoms with van der Waals surface area (Å²) in [5, 5.41) is 5.13. The molecule has 1 heterocycles. The fourth-order valence-electron chi connectivity index (χ4n) is 3.12. The van der Waals surface area contributed by atoms with Crippen LogP contribution < -0.4 is 10.6 Å². The van der Waals surface area contributed by atoms with Gasteiger partial charge in [-0.1, -0.05) is 12.1 Å². The molecule has 30 heavy (non-hydrogen) atoms. The SMILES string of the molecule is O=C(CN1CCN(C(=O)CNC(=O)c2cccc(F)c2)CC1)Nc1cccc(F)c1. The van der Waals surface area contributed by atoms with Gasteiger partial charge in [0.2, 0.25) is 11.8 Å². The fourth-order valence-corrected chi connectivity index (χ4v) is 3.12. The summed E-state index contributed by atoms with van der Waals surface area (Å²) in [5.41, 5.74) is 0.541. The molecule has 1 aliphatic rings. The van der Waals surface area contributed by atoms with E-state index in [0.29, 0.717) is 31.9 Å². The highest BCUT2D eigenvalue weighted by atomic mass is 19.1. The number of nitrogens with one attached hydrogen (secondary N) is 2. The number of halogens is 2. The van der Waals surface area contributed by atoms with Crippen molar-refractivity contribution in [1.29, 1.82) is 0 Å². The molecule has 0 radical (unpaired) electrons. The third-order valence-corrected chi connectivity index (χ3v) is 4.69. The molecule has 0 aliphatic carbocycles. The van der Waals surface area contributed by atoms with Gasteiger partial charge in [-0.25, -0.2) is 8.78 Å². The number of nitrogens with zero attached hydrogens (tertiary/aromatic N) is 2. The van der Waals surface area contributed by atoms with Crippen molar-refractivity contribution in [2.24, 2.45) is 0 Å². The Morgan fingerprint density at radius 1 is 0.900 bits per heavy atom. The molecule has 1 saturated heterocycles. The van der Waals surface area contributed by atoms with Crippen molar-refractivity contribution in [2.75, 3.05) is 44.6 Å². The number of hydrogen-bond acceptors (Lipinski definition) is 4. The van der Waals surface area contributed by atoms with Crippen molar-refractivity contribution in [3.8, 4) is 0 Å². The zero-order valence-corrected chi connectivity index (χ0v) is 16.2. The van der Waals surface area contributed by atoms with Crippen LogP contribution in [0.3, 0.4) is 0 Å². The average Bonchev–Trinajstić information content (AvgIpc) is 2.72. The van der Waals surface area contributed by atoms with Gasteiger partial charge in [0.25, 0.3) is 5.91 Å². The minimum Gasteiger partial charge on any atom is -0.343 e. The first kappa shape index (κ1) is 21.4. The van der Waals surface area contributed by atoms with E-state index in [1.54, 1.807) is 11.0 Å². The quantitative estimate of drug-likeness (QED) is 0.748. The second-order valence-electron chi connectivity index (χ2n) is 6.91. The van der Waals surface area contributed by atoms with E-state index in [-0.39, 0.29) is 30.5 Å². The van der Waals surface area contributed by atoms with Crippen LogP contribution in [0.15, 0.2) is 48.5 Å². The van der Waals surface area contributed by atoms with Gasteiger partial charge in [-0.3, -0.25) is 19.3 Å². The van der Waals surface area contributed by atoms with Crippen LogP contribution in [0.25, 0.3) is 0 Å². The lowest BCUT2D eigenvalue weighted by Crippen LogP contribution is -2.52. The van der Waals surface area contributed by atoms with Crippen molar-refractivity contribution in [1.82, 2.24) is 15.1 Å². The third kappa shape index (κ3) is 6.08. The van der Waals surface area contributed by atoms with Gasteiger partial charge in [-0.15, -0.1) is 0 Å². The van der Waals surface area contributed by atoms with Gasteiger partial charge in [-0.2, -0.15) is 0 Å². The smallest absolute Gasteiger partial charge is 0.251 e. The number of rotatable bonds is 6. The summed E-state index contributed by atoms with van der Waals surface area (Å²) in [4.78, 5) is 39.9. The highest BCUT2D eigenvalue weighted by molar-refractivity contribution is 5.96. The lowest BCUT2D eigenvalue weighted by atomic mass is 10.2. The number of carbonyl (C=O) groups excluding carboxylic acids is 3. The molecule has 9 heteroatoms. The van der Waals surface area contributed by atoms with Gasteiger partial charge >= 0.3 is 0 Å². The van der Waals surface area contributed by atoms with Crippen molar-refractivity contribution in [2.45, 2.75) is 0 Å². The van der Waals surface area contributed by atoms with Crippen molar-refractivity contribution < 1.29 is 23.2 Å². The summed E-state index contributed by atoms with van der Waals surface area (Å²) in [6.07, 6.45) is 0. The minimum atomic E-state index is -0.522.